The molecule has 0 bridgehead atoms. The first-order valence-corrected chi connectivity index (χ1v) is 7.36. The summed E-state index contributed by atoms with van der Waals surface area (Å²) in [5, 5.41) is 4.48. The molecule has 2 N–H and O–H groups in total. The molecule has 0 saturated carbocycles. The zero-order valence-corrected chi connectivity index (χ0v) is 14.4. The second-order valence-corrected chi connectivity index (χ2v) is 4.90. The van der Waals surface area contributed by atoms with Gasteiger partial charge >= 0.3 is 12.0 Å². The first kappa shape index (κ1) is 19.3. The van der Waals surface area contributed by atoms with Gasteiger partial charge in [0, 0.05) is 12.1 Å². The SMILES string of the molecule is CCNC(=O)NC(=O)C(C)OC(=O)c1cc(OC)c(C)c(OC)c1. The summed E-state index contributed by atoms with van der Waals surface area (Å²) in [6, 6.07) is 2.34. The molecule has 0 spiro atoms. The number of carbonyl (C=O) groups is 3. The predicted molar refractivity (Wildman–Crippen MR) is 86.4 cm³/mol. The van der Waals surface area contributed by atoms with Gasteiger partial charge in [0.05, 0.1) is 19.8 Å². The van der Waals surface area contributed by atoms with E-state index < -0.39 is 24.0 Å². The van der Waals surface area contributed by atoms with Gasteiger partial charge in [0.15, 0.2) is 6.10 Å². The second-order valence-electron chi connectivity index (χ2n) is 4.90. The molecule has 1 unspecified atom stereocenters. The van der Waals surface area contributed by atoms with Crippen molar-refractivity contribution < 1.29 is 28.6 Å². The summed E-state index contributed by atoms with van der Waals surface area (Å²) in [5.41, 5.74) is 0.908. The van der Waals surface area contributed by atoms with Crippen LogP contribution in [-0.2, 0) is 9.53 Å². The number of hydrogen-bond donors (Lipinski definition) is 2. The number of ether oxygens (including phenoxy) is 3. The number of esters is 1. The Bertz CT molecular complexity index is 604. The van der Waals surface area contributed by atoms with Gasteiger partial charge in [0.25, 0.3) is 5.91 Å². The molecule has 0 aliphatic carbocycles. The highest BCUT2D eigenvalue weighted by Gasteiger charge is 2.22. The van der Waals surface area contributed by atoms with E-state index >= 15 is 0 Å². The van der Waals surface area contributed by atoms with E-state index in [1.54, 1.807) is 13.8 Å². The fourth-order valence-corrected chi connectivity index (χ4v) is 1.90. The average Bonchev–Trinajstić information content (AvgIpc) is 2.54. The molecule has 1 aromatic rings. The monoisotopic (exact) mass is 338 g/mol. The van der Waals surface area contributed by atoms with Crippen molar-refractivity contribution in [2.24, 2.45) is 0 Å². The van der Waals surface area contributed by atoms with E-state index in [2.05, 4.69) is 10.6 Å². The third-order valence-electron chi connectivity index (χ3n) is 3.22. The molecule has 1 rings (SSSR count). The van der Waals surface area contributed by atoms with E-state index in [0.29, 0.717) is 18.0 Å². The summed E-state index contributed by atoms with van der Waals surface area (Å²) in [7, 11) is 2.94. The molecule has 0 saturated heterocycles. The molecule has 1 aromatic carbocycles. The summed E-state index contributed by atoms with van der Waals surface area (Å²) in [5.74, 6) is -0.535. The van der Waals surface area contributed by atoms with Gasteiger partial charge < -0.3 is 19.5 Å². The fourth-order valence-electron chi connectivity index (χ4n) is 1.90. The highest BCUT2D eigenvalue weighted by atomic mass is 16.5. The smallest absolute Gasteiger partial charge is 0.339 e. The molecular formula is C16H22N2O6. The standard InChI is InChI=1S/C16H22N2O6/c1-6-17-16(21)18-14(19)10(3)24-15(20)11-7-12(22-4)9(2)13(8-11)23-5/h7-8,10H,6H2,1-5H3,(H2,17,18,19,21). The summed E-state index contributed by atoms with van der Waals surface area (Å²) >= 11 is 0. The summed E-state index contributed by atoms with van der Waals surface area (Å²) < 4.78 is 15.5. The van der Waals surface area contributed by atoms with Gasteiger partial charge in [0.1, 0.15) is 11.5 Å². The van der Waals surface area contributed by atoms with Crippen LogP contribution in [0.2, 0.25) is 0 Å². The van der Waals surface area contributed by atoms with Crippen LogP contribution in [0.5, 0.6) is 11.5 Å². The van der Waals surface area contributed by atoms with Gasteiger partial charge in [-0.25, -0.2) is 9.59 Å². The van der Waals surface area contributed by atoms with E-state index in [1.807, 2.05) is 0 Å². The minimum absolute atomic E-state index is 0.173. The molecule has 24 heavy (non-hydrogen) atoms. The van der Waals surface area contributed by atoms with Crippen molar-refractivity contribution in [1.82, 2.24) is 10.6 Å². The number of hydrogen-bond acceptors (Lipinski definition) is 6. The summed E-state index contributed by atoms with van der Waals surface area (Å²) in [6.45, 7) is 5.24. The lowest BCUT2D eigenvalue weighted by molar-refractivity contribution is -0.127. The molecule has 1 atom stereocenters. The normalized spacial score (nSPS) is 11.2. The maximum Gasteiger partial charge on any atom is 0.339 e. The molecule has 0 aliphatic rings. The quantitative estimate of drug-likeness (QED) is 0.760. The lowest BCUT2D eigenvalue weighted by atomic mass is 10.1. The third-order valence-corrected chi connectivity index (χ3v) is 3.22. The molecule has 0 fully saturated rings. The topological polar surface area (TPSA) is 103 Å². The van der Waals surface area contributed by atoms with Crippen LogP contribution in [0.1, 0.15) is 29.8 Å². The Morgan fingerprint density at radius 1 is 1.12 bits per heavy atom. The van der Waals surface area contributed by atoms with Crippen molar-refractivity contribution in [3.05, 3.63) is 23.3 Å². The number of amides is 3. The van der Waals surface area contributed by atoms with Crippen LogP contribution >= 0.6 is 0 Å². The Morgan fingerprint density at radius 3 is 2.12 bits per heavy atom. The minimum Gasteiger partial charge on any atom is -0.496 e. The number of rotatable bonds is 6. The molecule has 8 nitrogen and oxygen atoms in total. The third kappa shape index (κ3) is 4.87. The Hall–Kier alpha value is -2.77. The first-order valence-electron chi connectivity index (χ1n) is 7.36. The van der Waals surface area contributed by atoms with Crippen molar-refractivity contribution >= 4 is 17.9 Å². The Balaban J connectivity index is 2.84. The van der Waals surface area contributed by atoms with E-state index in [4.69, 9.17) is 14.2 Å². The molecular weight excluding hydrogens is 316 g/mol. The number of nitrogens with one attached hydrogen (secondary N) is 2. The Morgan fingerprint density at radius 2 is 1.67 bits per heavy atom. The Kier molecular flexibility index (Phi) is 7.03. The average molecular weight is 338 g/mol. The lowest BCUT2D eigenvalue weighted by Crippen LogP contribution is -2.44. The zero-order valence-electron chi connectivity index (χ0n) is 14.4. The van der Waals surface area contributed by atoms with Crippen LogP contribution < -0.4 is 20.1 Å². The van der Waals surface area contributed by atoms with E-state index in [-0.39, 0.29) is 5.56 Å². The highest BCUT2D eigenvalue weighted by Crippen LogP contribution is 2.29. The lowest BCUT2D eigenvalue weighted by Gasteiger charge is -2.15. The van der Waals surface area contributed by atoms with Crippen molar-refractivity contribution in [1.29, 1.82) is 0 Å². The van der Waals surface area contributed by atoms with Crippen molar-refractivity contribution in [3.63, 3.8) is 0 Å². The van der Waals surface area contributed by atoms with Gasteiger partial charge in [-0.15, -0.1) is 0 Å². The highest BCUT2D eigenvalue weighted by molar-refractivity contribution is 5.98. The van der Waals surface area contributed by atoms with Gasteiger partial charge in [0.2, 0.25) is 0 Å². The second kappa shape index (κ2) is 8.76. The summed E-state index contributed by atoms with van der Waals surface area (Å²) in [4.78, 5) is 35.3. The molecule has 0 radical (unpaired) electrons. The van der Waals surface area contributed by atoms with E-state index in [0.717, 1.165) is 5.56 Å². The van der Waals surface area contributed by atoms with Crippen LogP contribution in [0, 0.1) is 6.92 Å². The van der Waals surface area contributed by atoms with E-state index in [9.17, 15) is 14.4 Å². The van der Waals surface area contributed by atoms with Gasteiger partial charge in [-0.05, 0) is 32.9 Å². The fraction of sp³-hybridized carbons (Fsp3) is 0.438. The molecule has 0 heterocycles. The molecule has 8 heteroatoms. The van der Waals surface area contributed by atoms with Gasteiger partial charge in [-0.1, -0.05) is 0 Å². The maximum atomic E-state index is 12.2. The first-order chi connectivity index (χ1) is 11.3. The van der Waals surface area contributed by atoms with E-state index in [1.165, 1.54) is 33.3 Å². The zero-order chi connectivity index (χ0) is 18.3. The summed E-state index contributed by atoms with van der Waals surface area (Å²) in [6.07, 6.45) is -1.14. The number of methoxy groups -OCH3 is 2. The van der Waals surface area contributed by atoms with Crippen molar-refractivity contribution in [3.8, 4) is 11.5 Å². The van der Waals surface area contributed by atoms with Crippen LogP contribution in [0.4, 0.5) is 4.79 Å². The van der Waals surface area contributed by atoms with Crippen LogP contribution in [0.3, 0.4) is 0 Å². The minimum atomic E-state index is -1.14. The molecule has 132 valence electrons. The predicted octanol–water partition coefficient (Wildman–Crippen LogP) is 1.40. The number of urea groups is 1. The van der Waals surface area contributed by atoms with Crippen LogP contribution in [0.25, 0.3) is 0 Å². The van der Waals surface area contributed by atoms with Crippen LogP contribution in [-0.4, -0.2) is 44.8 Å². The molecule has 0 aromatic heterocycles. The van der Waals surface area contributed by atoms with Crippen molar-refractivity contribution in [2.45, 2.75) is 26.9 Å². The maximum absolute atomic E-state index is 12.2. The van der Waals surface area contributed by atoms with Gasteiger partial charge in [-0.3, -0.25) is 10.1 Å². The Labute approximate surface area is 140 Å². The largest absolute Gasteiger partial charge is 0.496 e. The number of carbonyl (C=O) groups excluding carboxylic acids is 3. The number of imide groups is 1. The number of benzene rings is 1. The molecule has 0 aliphatic heterocycles. The van der Waals surface area contributed by atoms with Crippen LogP contribution in [0.15, 0.2) is 12.1 Å². The molecule has 3 amide bonds. The van der Waals surface area contributed by atoms with Crippen molar-refractivity contribution in [2.75, 3.05) is 20.8 Å². The van der Waals surface area contributed by atoms with Gasteiger partial charge in [-0.2, -0.15) is 0 Å².